The highest BCUT2D eigenvalue weighted by atomic mass is 28.4. The molecule has 0 aliphatic carbocycles. The van der Waals surface area contributed by atoms with Gasteiger partial charge in [0.1, 0.15) is 0 Å². The molecule has 0 amide bonds. The van der Waals surface area contributed by atoms with Gasteiger partial charge in [-0.25, -0.2) is 9.79 Å². The van der Waals surface area contributed by atoms with Crippen LogP contribution in [0.25, 0.3) is 0 Å². The Bertz CT molecular complexity index is 224. The van der Waals surface area contributed by atoms with Gasteiger partial charge in [-0.1, -0.05) is 19.3 Å². The van der Waals surface area contributed by atoms with Crippen LogP contribution in [0, 0.1) is 0 Å². The lowest BCUT2D eigenvalue weighted by atomic mass is 10.2. The smallest absolute Gasteiger partial charge is 0.334 e. The normalized spacial score (nSPS) is 11.2. The Labute approximate surface area is 106 Å². The number of hydrogen-bond acceptors (Lipinski definition) is 4. The van der Waals surface area contributed by atoms with E-state index < -0.39 is 8.56 Å². The number of hydrogen-bond donors (Lipinski definition) is 0. The van der Waals surface area contributed by atoms with Crippen molar-refractivity contribution in [2.45, 2.75) is 52.1 Å². The lowest BCUT2D eigenvalue weighted by molar-refractivity contribution is 0.188. The molecule has 0 aromatic heterocycles. The molecule has 0 aliphatic rings. The zero-order valence-corrected chi connectivity index (χ0v) is 12.3. The summed E-state index contributed by atoms with van der Waals surface area (Å²) in [6.45, 7) is 8.24. The number of unbranched alkanes of at least 4 members (excludes halogenated alkanes) is 3. The molecule has 0 rings (SSSR count). The second-order valence-electron chi connectivity index (χ2n) is 4.14. The molecule has 5 heteroatoms. The predicted molar refractivity (Wildman–Crippen MR) is 71.1 cm³/mol. The molecule has 0 bridgehead atoms. The second kappa shape index (κ2) is 10.7. The van der Waals surface area contributed by atoms with Crippen LogP contribution in [0.5, 0.6) is 0 Å². The molecule has 0 fully saturated rings. The quantitative estimate of drug-likeness (QED) is 0.248. The van der Waals surface area contributed by atoms with Crippen molar-refractivity contribution in [3.8, 4) is 0 Å². The van der Waals surface area contributed by atoms with E-state index in [1.807, 2.05) is 13.8 Å². The average molecular weight is 259 g/mol. The fraction of sp³-hybridized carbons (Fsp3) is 0.917. The standard InChI is InChI=1S/C12H25NO3Si/c1-4-15-17(3,16-5-2)11-9-7-6-8-10-13-12-14/h4-11H2,1-3H3. The van der Waals surface area contributed by atoms with E-state index in [9.17, 15) is 4.79 Å². The molecule has 0 saturated heterocycles. The van der Waals surface area contributed by atoms with Crippen LogP contribution in [0.1, 0.15) is 39.5 Å². The third kappa shape index (κ3) is 9.24. The largest absolute Gasteiger partial charge is 0.395 e. The molecule has 0 N–H and O–H groups in total. The van der Waals surface area contributed by atoms with E-state index >= 15 is 0 Å². The maximum absolute atomic E-state index is 9.85. The van der Waals surface area contributed by atoms with E-state index in [1.165, 1.54) is 0 Å². The predicted octanol–water partition coefficient (Wildman–Crippen LogP) is 3.03. The number of nitrogens with zero attached hydrogens (tertiary/aromatic N) is 1. The van der Waals surface area contributed by atoms with Crippen LogP contribution in [0.15, 0.2) is 4.99 Å². The van der Waals surface area contributed by atoms with Gasteiger partial charge < -0.3 is 8.85 Å². The van der Waals surface area contributed by atoms with E-state index in [0.29, 0.717) is 6.54 Å². The van der Waals surface area contributed by atoms with E-state index in [2.05, 4.69) is 11.5 Å². The van der Waals surface area contributed by atoms with Crippen LogP contribution in [-0.2, 0) is 13.6 Å². The molecule has 100 valence electrons. The molecule has 0 unspecified atom stereocenters. The zero-order chi connectivity index (χ0) is 13.0. The van der Waals surface area contributed by atoms with Gasteiger partial charge in [0.05, 0.1) is 6.54 Å². The van der Waals surface area contributed by atoms with Gasteiger partial charge in [-0.2, -0.15) is 0 Å². The van der Waals surface area contributed by atoms with E-state index in [-0.39, 0.29) is 0 Å². The van der Waals surface area contributed by atoms with Gasteiger partial charge in [0.15, 0.2) is 0 Å². The molecule has 0 saturated carbocycles. The van der Waals surface area contributed by atoms with Crippen molar-refractivity contribution < 1.29 is 13.6 Å². The summed E-state index contributed by atoms with van der Waals surface area (Å²) in [6.07, 6.45) is 5.91. The van der Waals surface area contributed by atoms with Gasteiger partial charge >= 0.3 is 8.56 Å². The van der Waals surface area contributed by atoms with E-state index in [4.69, 9.17) is 8.85 Å². The summed E-state index contributed by atoms with van der Waals surface area (Å²) in [5.74, 6) is 0. The van der Waals surface area contributed by atoms with Crippen LogP contribution in [-0.4, -0.2) is 34.4 Å². The third-order valence-corrected chi connectivity index (χ3v) is 5.68. The fourth-order valence-corrected chi connectivity index (χ4v) is 4.32. The Morgan fingerprint density at radius 3 is 2.18 bits per heavy atom. The Morgan fingerprint density at radius 1 is 1.06 bits per heavy atom. The maximum atomic E-state index is 9.85. The topological polar surface area (TPSA) is 47.9 Å². The molecule has 0 aromatic carbocycles. The van der Waals surface area contributed by atoms with Gasteiger partial charge in [-0.05, 0) is 32.9 Å². The van der Waals surface area contributed by atoms with Crippen LogP contribution < -0.4 is 0 Å². The summed E-state index contributed by atoms with van der Waals surface area (Å²) in [4.78, 5) is 13.4. The van der Waals surface area contributed by atoms with Crippen LogP contribution in [0.4, 0.5) is 0 Å². The van der Waals surface area contributed by atoms with Crippen molar-refractivity contribution in [2.24, 2.45) is 4.99 Å². The first-order valence-electron chi connectivity index (χ1n) is 6.50. The summed E-state index contributed by atoms with van der Waals surface area (Å²) < 4.78 is 11.5. The monoisotopic (exact) mass is 259 g/mol. The summed E-state index contributed by atoms with van der Waals surface area (Å²) >= 11 is 0. The summed E-state index contributed by atoms with van der Waals surface area (Å²) in [6, 6.07) is 1.05. The molecule has 0 aromatic rings. The summed E-state index contributed by atoms with van der Waals surface area (Å²) in [7, 11) is -1.91. The van der Waals surface area contributed by atoms with Crippen LogP contribution >= 0.6 is 0 Å². The van der Waals surface area contributed by atoms with Crippen molar-refractivity contribution in [3.05, 3.63) is 0 Å². The van der Waals surface area contributed by atoms with Gasteiger partial charge in [-0.3, -0.25) is 0 Å². The average Bonchev–Trinajstić information content (AvgIpc) is 2.28. The minimum atomic E-state index is -1.91. The number of rotatable bonds is 11. The molecule has 0 heterocycles. The molecule has 0 radical (unpaired) electrons. The maximum Gasteiger partial charge on any atom is 0.334 e. The third-order valence-electron chi connectivity index (χ3n) is 2.61. The minimum absolute atomic E-state index is 0.606. The van der Waals surface area contributed by atoms with Crippen LogP contribution in [0.2, 0.25) is 12.6 Å². The van der Waals surface area contributed by atoms with E-state index in [1.54, 1.807) is 6.08 Å². The first-order chi connectivity index (χ1) is 8.18. The molecule has 0 atom stereocenters. The minimum Gasteiger partial charge on any atom is -0.395 e. The second-order valence-corrected chi connectivity index (χ2v) is 7.48. The summed E-state index contributed by atoms with van der Waals surface area (Å²) in [5, 5.41) is 0. The molecular formula is C12H25NO3Si. The Kier molecular flexibility index (Phi) is 10.4. The SMILES string of the molecule is CCO[Si](C)(CCCCCCN=C=O)OCC. The highest BCUT2D eigenvalue weighted by molar-refractivity contribution is 6.66. The summed E-state index contributed by atoms with van der Waals surface area (Å²) in [5.41, 5.74) is 0. The fourth-order valence-electron chi connectivity index (χ4n) is 1.83. The highest BCUT2D eigenvalue weighted by Crippen LogP contribution is 2.18. The van der Waals surface area contributed by atoms with Crippen molar-refractivity contribution in [3.63, 3.8) is 0 Å². The molecule has 17 heavy (non-hydrogen) atoms. The first-order valence-corrected chi connectivity index (χ1v) is 9.02. The Balaban J connectivity index is 3.63. The first kappa shape index (κ1) is 16.5. The van der Waals surface area contributed by atoms with Crippen molar-refractivity contribution in [2.75, 3.05) is 19.8 Å². The Morgan fingerprint density at radius 2 is 1.65 bits per heavy atom. The van der Waals surface area contributed by atoms with Gasteiger partial charge in [0, 0.05) is 13.2 Å². The highest BCUT2D eigenvalue weighted by Gasteiger charge is 2.29. The molecule has 4 nitrogen and oxygen atoms in total. The van der Waals surface area contributed by atoms with Crippen LogP contribution in [0.3, 0.4) is 0 Å². The van der Waals surface area contributed by atoms with E-state index in [0.717, 1.165) is 44.9 Å². The van der Waals surface area contributed by atoms with Gasteiger partial charge in [0.2, 0.25) is 6.08 Å². The Hall–Kier alpha value is -0.483. The molecular weight excluding hydrogens is 234 g/mol. The number of aliphatic imine (C=N–C) groups is 1. The zero-order valence-electron chi connectivity index (χ0n) is 11.3. The lowest BCUT2D eigenvalue weighted by Gasteiger charge is -2.25. The molecule has 0 aliphatic heterocycles. The number of carbonyl (C=O) groups excluding carboxylic acids is 1. The lowest BCUT2D eigenvalue weighted by Crippen LogP contribution is -2.38. The van der Waals surface area contributed by atoms with Crippen molar-refractivity contribution in [1.82, 2.24) is 0 Å². The van der Waals surface area contributed by atoms with Crippen molar-refractivity contribution in [1.29, 1.82) is 0 Å². The van der Waals surface area contributed by atoms with Gasteiger partial charge in [0.25, 0.3) is 0 Å². The van der Waals surface area contributed by atoms with Gasteiger partial charge in [-0.15, -0.1) is 0 Å². The van der Waals surface area contributed by atoms with Crippen molar-refractivity contribution >= 4 is 14.6 Å². The molecule has 0 spiro atoms. The number of isocyanates is 1.